The Bertz CT molecular complexity index is 676. The highest BCUT2D eigenvalue weighted by Crippen LogP contribution is 2.23. The summed E-state index contributed by atoms with van der Waals surface area (Å²) in [4.78, 5) is 4.71. The fraction of sp³-hybridized carbons (Fsp3) is 0.0625. The molecule has 1 aromatic heterocycles. The van der Waals surface area contributed by atoms with Crippen LogP contribution in [0.5, 0.6) is 0 Å². The highest BCUT2D eigenvalue weighted by Gasteiger charge is 2.05. The van der Waals surface area contributed by atoms with Gasteiger partial charge in [-0.05, 0) is 17.7 Å². The number of nitrogens with zero attached hydrogens (tertiary/aromatic N) is 1. The Morgan fingerprint density at radius 3 is 2.63 bits per heavy atom. The molecule has 1 nitrogen and oxygen atoms in total. The minimum absolute atomic E-state index is 0.886. The third kappa shape index (κ3) is 3.11. The minimum Gasteiger partial charge on any atom is -0.241 e. The molecule has 3 aromatic rings. The van der Waals surface area contributed by atoms with Gasteiger partial charge < -0.3 is 0 Å². The summed E-state index contributed by atoms with van der Waals surface area (Å²) >= 11 is 5.22. The van der Waals surface area contributed by atoms with Crippen LogP contribution in [0.1, 0.15) is 10.6 Å². The molecule has 0 fully saturated rings. The Morgan fingerprint density at radius 1 is 1.00 bits per heavy atom. The summed E-state index contributed by atoms with van der Waals surface area (Å²) < 4.78 is 1.12. The molecule has 2 aromatic carbocycles. The second-order valence-corrected chi connectivity index (χ2v) is 6.16. The lowest BCUT2D eigenvalue weighted by Crippen LogP contribution is -1.87. The summed E-state index contributed by atoms with van der Waals surface area (Å²) in [6, 6.07) is 18.7. The highest BCUT2D eigenvalue weighted by atomic mass is 79.9. The average molecular weight is 330 g/mol. The lowest BCUT2D eigenvalue weighted by Gasteiger charge is -1.99. The van der Waals surface area contributed by atoms with Gasteiger partial charge in [-0.15, -0.1) is 11.3 Å². The normalized spacial score (nSPS) is 10.6. The fourth-order valence-electron chi connectivity index (χ4n) is 1.96. The number of halogens is 1. The zero-order chi connectivity index (χ0) is 13.1. The van der Waals surface area contributed by atoms with Crippen LogP contribution in [0.25, 0.3) is 11.3 Å². The van der Waals surface area contributed by atoms with E-state index in [-0.39, 0.29) is 0 Å². The van der Waals surface area contributed by atoms with Gasteiger partial charge in [-0.25, -0.2) is 4.98 Å². The molecule has 0 amide bonds. The average Bonchev–Trinajstić information content (AvgIpc) is 2.88. The standard InChI is InChI=1S/C16H12BrNS/c17-14-8-4-5-12(9-14)10-16-18-15(11-19-16)13-6-2-1-3-7-13/h1-9,11H,10H2. The largest absolute Gasteiger partial charge is 0.241 e. The van der Waals surface area contributed by atoms with E-state index in [2.05, 4.69) is 51.6 Å². The number of hydrogen-bond acceptors (Lipinski definition) is 2. The van der Waals surface area contributed by atoms with E-state index in [0.717, 1.165) is 21.6 Å². The Balaban J connectivity index is 1.82. The van der Waals surface area contributed by atoms with Gasteiger partial charge in [0.05, 0.1) is 10.7 Å². The van der Waals surface area contributed by atoms with Crippen molar-refractivity contribution in [1.82, 2.24) is 4.98 Å². The van der Waals surface area contributed by atoms with Gasteiger partial charge in [-0.1, -0.05) is 58.4 Å². The summed E-state index contributed by atoms with van der Waals surface area (Å²) in [7, 11) is 0. The van der Waals surface area contributed by atoms with E-state index in [4.69, 9.17) is 4.98 Å². The number of benzene rings is 2. The van der Waals surface area contributed by atoms with Crippen LogP contribution in [0.4, 0.5) is 0 Å². The van der Waals surface area contributed by atoms with Crippen LogP contribution in [0.2, 0.25) is 0 Å². The molecule has 0 aliphatic rings. The molecule has 0 bridgehead atoms. The van der Waals surface area contributed by atoms with E-state index in [0.29, 0.717) is 0 Å². The third-order valence-corrected chi connectivity index (χ3v) is 4.21. The molecule has 1 heterocycles. The maximum Gasteiger partial charge on any atom is 0.0976 e. The molecule has 0 N–H and O–H groups in total. The lowest BCUT2D eigenvalue weighted by atomic mass is 10.1. The van der Waals surface area contributed by atoms with E-state index in [1.807, 2.05) is 24.3 Å². The monoisotopic (exact) mass is 329 g/mol. The smallest absolute Gasteiger partial charge is 0.0976 e. The molecule has 19 heavy (non-hydrogen) atoms. The summed E-state index contributed by atoms with van der Waals surface area (Å²) in [5.74, 6) is 0. The van der Waals surface area contributed by atoms with Gasteiger partial charge in [0.15, 0.2) is 0 Å². The van der Waals surface area contributed by atoms with E-state index in [1.165, 1.54) is 11.1 Å². The first-order valence-electron chi connectivity index (χ1n) is 6.05. The number of hydrogen-bond donors (Lipinski definition) is 0. The van der Waals surface area contributed by atoms with Crippen molar-refractivity contribution in [2.45, 2.75) is 6.42 Å². The summed E-state index contributed by atoms with van der Waals surface area (Å²) in [5, 5.41) is 3.28. The molecule has 94 valence electrons. The molecule has 3 rings (SSSR count). The molecule has 0 saturated heterocycles. The van der Waals surface area contributed by atoms with Crippen molar-refractivity contribution >= 4 is 27.3 Å². The summed E-state index contributed by atoms with van der Waals surface area (Å²) in [6.07, 6.45) is 0.886. The van der Waals surface area contributed by atoms with Crippen LogP contribution in [0.3, 0.4) is 0 Å². The molecule has 0 spiro atoms. The van der Waals surface area contributed by atoms with Gasteiger partial charge >= 0.3 is 0 Å². The van der Waals surface area contributed by atoms with Crippen LogP contribution in [-0.2, 0) is 6.42 Å². The highest BCUT2D eigenvalue weighted by molar-refractivity contribution is 9.10. The molecule has 0 atom stereocenters. The van der Waals surface area contributed by atoms with E-state index in [9.17, 15) is 0 Å². The van der Waals surface area contributed by atoms with Crippen LogP contribution in [0, 0.1) is 0 Å². The molecular weight excluding hydrogens is 318 g/mol. The second kappa shape index (κ2) is 5.68. The van der Waals surface area contributed by atoms with Gasteiger partial charge in [0.1, 0.15) is 0 Å². The Labute approximate surface area is 125 Å². The fourth-order valence-corrected chi connectivity index (χ4v) is 3.24. The van der Waals surface area contributed by atoms with Crippen molar-refractivity contribution in [2.75, 3.05) is 0 Å². The second-order valence-electron chi connectivity index (χ2n) is 4.30. The third-order valence-electron chi connectivity index (χ3n) is 2.87. The van der Waals surface area contributed by atoms with E-state index < -0.39 is 0 Å². The number of rotatable bonds is 3. The molecule has 0 aliphatic carbocycles. The summed E-state index contributed by atoms with van der Waals surface area (Å²) in [5.41, 5.74) is 3.53. The predicted octanol–water partition coefficient (Wildman–Crippen LogP) is 5.16. The Morgan fingerprint density at radius 2 is 1.84 bits per heavy atom. The zero-order valence-corrected chi connectivity index (χ0v) is 12.6. The molecule has 0 aliphatic heterocycles. The molecular formula is C16H12BrNS. The molecule has 0 unspecified atom stereocenters. The van der Waals surface area contributed by atoms with E-state index >= 15 is 0 Å². The first-order valence-corrected chi connectivity index (χ1v) is 7.73. The van der Waals surface area contributed by atoms with Gasteiger partial charge in [-0.3, -0.25) is 0 Å². The van der Waals surface area contributed by atoms with Crippen molar-refractivity contribution < 1.29 is 0 Å². The van der Waals surface area contributed by atoms with Crippen molar-refractivity contribution in [3.8, 4) is 11.3 Å². The topological polar surface area (TPSA) is 12.9 Å². The molecule has 0 saturated carbocycles. The number of thiazole rings is 1. The van der Waals surface area contributed by atoms with Crippen LogP contribution < -0.4 is 0 Å². The predicted molar refractivity (Wildman–Crippen MR) is 84.5 cm³/mol. The molecule has 3 heteroatoms. The Kier molecular flexibility index (Phi) is 3.76. The van der Waals surface area contributed by atoms with Crippen molar-refractivity contribution in [3.05, 3.63) is 75.0 Å². The van der Waals surface area contributed by atoms with Gasteiger partial charge in [0.25, 0.3) is 0 Å². The first kappa shape index (κ1) is 12.6. The zero-order valence-electron chi connectivity index (χ0n) is 10.2. The Hall–Kier alpha value is -1.45. The maximum atomic E-state index is 4.71. The SMILES string of the molecule is Brc1cccc(Cc2nc(-c3ccccc3)cs2)c1. The maximum absolute atomic E-state index is 4.71. The van der Waals surface area contributed by atoms with Crippen LogP contribution >= 0.6 is 27.3 Å². The van der Waals surface area contributed by atoms with Gasteiger partial charge in [-0.2, -0.15) is 0 Å². The lowest BCUT2D eigenvalue weighted by molar-refractivity contribution is 1.14. The van der Waals surface area contributed by atoms with Crippen LogP contribution in [0.15, 0.2) is 64.5 Å². The van der Waals surface area contributed by atoms with Gasteiger partial charge in [0, 0.05) is 21.8 Å². The van der Waals surface area contributed by atoms with Crippen molar-refractivity contribution in [1.29, 1.82) is 0 Å². The number of aromatic nitrogens is 1. The first-order chi connectivity index (χ1) is 9.31. The minimum atomic E-state index is 0.886. The van der Waals surface area contributed by atoms with Crippen molar-refractivity contribution in [3.63, 3.8) is 0 Å². The van der Waals surface area contributed by atoms with Crippen LogP contribution in [-0.4, -0.2) is 4.98 Å². The van der Waals surface area contributed by atoms with Crippen molar-refractivity contribution in [2.24, 2.45) is 0 Å². The van der Waals surface area contributed by atoms with E-state index in [1.54, 1.807) is 11.3 Å². The quantitative estimate of drug-likeness (QED) is 0.646. The van der Waals surface area contributed by atoms with Gasteiger partial charge in [0.2, 0.25) is 0 Å². The molecule has 0 radical (unpaired) electrons. The summed E-state index contributed by atoms with van der Waals surface area (Å²) in [6.45, 7) is 0.